The number of aliphatic hydroxyl groups excluding tert-OH is 1. The number of likely N-dealkylation sites (tertiary alicyclic amines) is 1. The molecular formula is C12H24N2O3. The number of ether oxygens (including phenoxy) is 1. The van der Waals surface area contributed by atoms with Gasteiger partial charge in [0, 0.05) is 26.2 Å². The quantitative estimate of drug-likeness (QED) is 0.776. The van der Waals surface area contributed by atoms with Crippen molar-refractivity contribution < 1.29 is 14.6 Å². The van der Waals surface area contributed by atoms with Crippen LogP contribution in [0.4, 0.5) is 4.79 Å². The largest absolute Gasteiger partial charge is 0.444 e. The van der Waals surface area contributed by atoms with Gasteiger partial charge in [-0.3, -0.25) is 0 Å². The maximum Gasteiger partial charge on any atom is 0.407 e. The summed E-state index contributed by atoms with van der Waals surface area (Å²) in [5, 5.41) is 12.1. The molecule has 0 aromatic rings. The van der Waals surface area contributed by atoms with Crippen molar-refractivity contribution in [1.29, 1.82) is 0 Å². The molecule has 0 aliphatic carbocycles. The van der Waals surface area contributed by atoms with Gasteiger partial charge in [0.15, 0.2) is 0 Å². The van der Waals surface area contributed by atoms with E-state index in [1.165, 1.54) is 0 Å². The summed E-state index contributed by atoms with van der Waals surface area (Å²) in [4.78, 5) is 13.6. The highest BCUT2D eigenvalue weighted by molar-refractivity contribution is 5.67. The predicted molar refractivity (Wildman–Crippen MR) is 65.9 cm³/mol. The van der Waals surface area contributed by atoms with Crippen LogP contribution in [0.1, 0.15) is 33.6 Å². The van der Waals surface area contributed by atoms with Gasteiger partial charge in [-0.25, -0.2) is 4.79 Å². The summed E-state index contributed by atoms with van der Waals surface area (Å²) in [6.45, 7) is 8.74. The van der Waals surface area contributed by atoms with Crippen LogP contribution in [0.25, 0.3) is 0 Å². The van der Waals surface area contributed by atoms with Gasteiger partial charge in [-0.2, -0.15) is 0 Å². The molecule has 1 rings (SSSR count). The molecule has 100 valence electrons. The van der Waals surface area contributed by atoms with Gasteiger partial charge in [0.05, 0.1) is 6.10 Å². The number of hydrogen-bond acceptors (Lipinski definition) is 4. The first-order valence-corrected chi connectivity index (χ1v) is 6.24. The van der Waals surface area contributed by atoms with Gasteiger partial charge in [-0.1, -0.05) is 0 Å². The van der Waals surface area contributed by atoms with Crippen LogP contribution in [0, 0.1) is 0 Å². The standard InChI is InChI=1S/C12H24N2O3/c1-12(2,3)17-11(16)13-6-9-14-7-4-10(15)5-8-14/h10,15H,4-9H2,1-3H3,(H,13,16). The first-order chi connectivity index (χ1) is 7.87. The van der Waals surface area contributed by atoms with Crippen LogP contribution in [0.15, 0.2) is 0 Å². The first kappa shape index (κ1) is 14.3. The zero-order valence-corrected chi connectivity index (χ0v) is 11.0. The highest BCUT2D eigenvalue weighted by Gasteiger charge is 2.18. The Balaban J connectivity index is 2.09. The number of aliphatic hydroxyl groups is 1. The number of nitrogens with zero attached hydrogens (tertiary/aromatic N) is 1. The van der Waals surface area contributed by atoms with Crippen molar-refractivity contribution in [3.63, 3.8) is 0 Å². The first-order valence-electron chi connectivity index (χ1n) is 6.24. The molecule has 0 aromatic carbocycles. The minimum atomic E-state index is -0.445. The van der Waals surface area contributed by atoms with Crippen LogP contribution < -0.4 is 5.32 Å². The Morgan fingerprint density at radius 1 is 1.41 bits per heavy atom. The van der Waals surface area contributed by atoms with Gasteiger partial charge in [0.2, 0.25) is 0 Å². The monoisotopic (exact) mass is 244 g/mol. The van der Waals surface area contributed by atoms with E-state index in [2.05, 4.69) is 10.2 Å². The Morgan fingerprint density at radius 3 is 2.53 bits per heavy atom. The Labute approximate surface area is 103 Å². The molecule has 0 bridgehead atoms. The normalized spacial score (nSPS) is 19.1. The molecular weight excluding hydrogens is 220 g/mol. The van der Waals surface area contributed by atoms with Crippen LogP contribution in [-0.2, 0) is 4.74 Å². The lowest BCUT2D eigenvalue weighted by Gasteiger charge is -2.29. The summed E-state index contributed by atoms with van der Waals surface area (Å²) in [7, 11) is 0. The number of amides is 1. The van der Waals surface area contributed by atoms with Gasteiger partial charge in [0.25, 0.3) is 0 Å². The maximum absolute atomic E-state index is 11.4. The SMILES string of the molecule is CC(C)(C)OC(=O)NCCN1CCC(O)CC1. The van der Waals surface area contributed by atoms with Crippen molar-refractivity contribution in [2.75, 3.05) is 26.2 Å². The Morgan fingerprint density at radius 2 is 2.00 bits per heavy atom. The average molecular weight is 244 g/mol. The Bertz CT molecular complexity index is 243. The molecule has 0 atom stereocenters. The summed E-state index contributed by atoms with van der Waals surface area (Å²) in [6.07, 6.45) is 1.14. The lowest BCUT2D eigenvalue weighted by atomic mass is 10.1. The number of nitrogens with one attached hydrogen (secondary N) is 1. The Kier molecular flexibility index (Phi) is 5.21. The molecule has 0 saturated carbocycles. The van der Waals surface area contributed by atoms with Crippen molar-refractivity contribution in [2.45, 2.75) is 45.3 Å². The number of carbonyl (C=O) groups excluding carboxylic acids is 1. The van der Waals surface area contributed by atoms with Gasteiger partial charge in [-0.15, -0.1) is 0 Å². The van der Waals surface area contributed by atoms with Crippen LogP contribution in [0.3, 0.4) is 0 Å². The van der Waals surface area contributed by atoms with Gasteiger partial charge in [0.1, 0.15) is 5.60 Å². The minimum absolute atomic E-state index is 0.148. The van der Waals surface area contributed by atoms with Gasteiger partial charge < -0.3 is 20.1 Å². The molecule has 5 heteroatoms. The molecule has 2 N–H and O–H groups in total. The fourth-order valence-corrected chi connectivity index (χ4v) is 1.77. The highest BCUT2D eigenvalue weighted by Crippen LogP contribution is 2.09. The van der Waals surface area contributed by atoms with Gasteiger partial charge in [-0.05, 0) is 33.6 Å². The smallest absolute Gasteiger partial charge is 0.407 e. The van der Waals surface area contributed by atoms with Crippen LogP contribution >= 0.6 is 0 Å². The van der Waals surface area contributed by atoms with Crippen molar-refractivity contribution in [3.05, 3.63) is 0 Å². The lowest BCUT2D eigenvalue weighted by Crippen LogP contribution is -2.41. The topological polar surface area (TPSA) is 61.8 Å². The second-order valence-corrected chi connectivity index (χ2v) is 5.50. The van der Waals surface area contributed by atoms with E-state index in [4.69, 9.17) is 4.74 Å². The van der Waals surface area contributed by atoms with Crippen molar-refractivity contribution in [2.24, 2.45) is 0 Å². The van der Waals surface area contributed by atoms with Crippen LogP contribution in [0.2, 0.25) is 0 Å². The third-order valence-electron chi connectivity index (χ3n) is 2.65. The van der Waals surface area contributed by atoms with E-state index in [0.29, 0.717) is 6.54 Å². The number of carbonyl (C=O) groups is 1. The molecule has 1 fully saturated rings. The van der Waals surface area contributed by atoms with E-state index in [1.807, 2.05) is 20.8 Å². The molecule has 17 heavy (non-hydrogen) atoms. The molecule has 0 radical (unpaired) electrons. The summed E-state index contributed by atoms with van der Waals surface area (Å²) in [5.74, 6) is 0. The van der Waals surface area contributed by atoms with Gasteiger partial charge >= 0.3 is 6.09 Å². The number of alkyl carbamates (subject to hydrolysis) is 1. The molecule has 1 saturated heterocycles. The molecule has 0 spiro atoms. The van der Waals surface area contributed by atoms with Crippen LogP contribution in [0.5, 0.6) is 0 Å². The molecule has 1 heterocycles. The van der Waals surface area contributed by atoms with E-state index in [0.717, 1.165) is 32.5 Å². The molecule has 1 amide bonds. The molecule has 0 aromatic heterocycles. The molecule has 1 aliphatic heterocycles. The third kappa shape index (κ3) is 6.48. The second-order valence-electron chi connectivity index (χ2n) is 5.50. The highest BCUT2D eigenvalue weighted by atomic mass is 16.6. The fourth-order valence-electron chi connectivity index (χ4n) is 1.77. The summed E-state index contributed by atoms with van der Waals surface area (Å²) in [5.41, 5.74) is -0.445. The third-order valence-corrected chi connectivity index (χ3v) is 2.65. The summed E-state index contributed by atoms with van der Waals surface area (Å²) >= 11 is 0. The van der Waals surface area contributed by atoms with E-state index in [1.54, 1.807) is 0 Å². The summed E-state index contributed by atoms with van der Waals surface area (Å²) in [6, 6.07) is 0. The van der Waals surface area contributed by atoms with E-state index in [-0.39, 0.29) is 12.2 Å². The zero-order valence-electron chi connectivity index (χ0n) is 11.0. The fraction of sp³-hybridized carbons (Fsp3) is 0.917. The average Bonchev–Trinajstić information content (AvgIpc) is 2.18. The second kappa shape index (κ2) is 6.21. The zero-order chi connectivity index (χ0) is 12.9. The molecule has 5 nitrogen and oxygen atoms in total. The predicted octanol–water partition coefficient (Wildman–Crippen LogP) is 0.968. The Hall–Kier alpha value is -0.810. The van der Waals surface area contributed by atoms with Crippen molar-refractivity contribution in [3.8, 4) is 0 Å². The van der Waals surface area contributed by atoms with E-state index < -0.39 is 5.60 Å². The molecule has 0 unspecified atom stereocenters. The van der Waals surface area contributed by atoms with E-state index >= 15 is 0 Å². The summed E-state index contributed by atoms with van der Waals surface area (Å²) < 4.78 is 5.14. The molecule has 1 aliphatic rings. The number of hydrogen-bond donors (Lipinski definition) is 2. The van der Waals surface area contributed by atoms with Crippen molar-refractivity contribution in [1.82, 2.24) is 10.2 Å². The van der Waals surface area contributed by atoms with Crippen LogP contribution in [-0.4, -0.2) is 54.0 Å². The van der Waals surface area contributed by atoms with E-state index in [9.17, 15) is 9.90 Å². The number of piperidine rings is 1. The minimum Gasteiger partial charge on any atom is -0.444 e. The van der Waals surface area contributed by atoms with Crippen molar-refractivity contribution >= 4 is 6.09 Å². The maximum atomic E-state index is 11.4. The lowest BCUT2D eigenvalue weighted by molar-refractivity contribution is 0.0505. The number of rotatable bonds is 3.